The largest absolute Gasteiger partial charge is 0.452 e. The molecule has 0 aliphatic heterocycles. The zero-order chi connectivity index (χ0) is 20.0. The van der Waals surface area contributed by atoms with Gasteiger partial charge in [-0.25, -0.2) is 17.9 Å². The zero-order valence-electron chi connectivity index (χ0n) is 15.3. The van der Waals surface area contributed by atoms with Crippen LogP contribution in [0.15, 0.2) is 59.5 Å². The van der Waals surface area contributed by atoms with Crippen LogP contribution in [0.1, 0.15) is 28.8 Å². The second kappa shape index (κ2) is 8.99. The summed E-state index contributed by atoms with van der Waals surface area (Å²) >= 11 is 0. The first-order chi connectivity index (χ1) is 13.4. The summed E-state index contributed by atoms with van der Waals surface area (Å²) in [5.74, 6) is -1.16. The van der Waals surface area contributed by atoms with Crippen LogP contribution in [-0.2, 0) is 26.0 Å². The Morgan fingerprint density at radius 1 is 1.04 bits per heavy atom. The lowest BCUT2D eigenvalue weighted by Crippen LogP contribution is -2.30. The number of ether oxygens (including phenoxy) is 1. The molecule has 0 radical (unpaired) electrons. The lowest BCUT2D eigenvalue weighted by Gasteiger charge is -2.09. The Morgan fingerprint density at radius 2 is 1.79 bits per heavy atom. The Balaban J connectivity index is 1.47. The van der Waals surface area contributed by atoms with E-state index < -0.39 is 28.5 Å². The molecular weight excluding hydrogens is 380 g/mol. The fourth-order valence-electron chi connectivity index (χ4n) is 2.54. The van der Waals surface area contributed by atoms with Crippen molar-refractivity contribution in [2.75, 3.05) is 13.2 Å². The van der Waals surface area contributed by atoms with Crippen LogP contribution < -0.4 is 10.0 Å². The van der Waals surface area contributed by atoms with Gasteiger partial charge in [0.2, 0.25) is 10.0 Å². The van der Waals surface area contributed by atoms with E-state index in [2.05, 4.69) is 10.0 Å². The Labute approximate surface area is 164 Å². The average molecular weight is 402 g/mol. The number of hydrogen-bond donors (Lipinski definition) is 2. The molecule has 8 heteroatoms. The SMILES string of the molecule is O=C(COC(=O)c1cccc(S(=O)(=O)NC2CC2)c1)NCCc1ccccc1. The van der Waals surface area contributed by atoms with Crippen molar-refractivity contribution < 1.29 is 22.7 Å². The van der Waals surface area contributed by atoms with E-state index in [0.717, 1.165) is 18.4 Å². The third kappa shape index (κ3) is 5.90. The normalized spacial score (nSPS) is 13.7. The van der Waals surface area contributed by atoms with Gasteiger partial charge in [-0.3, -0.25) is 4.79 Å². The molecule has 1 amide bonds. The van der Waals surface area contributed by atoms with Crippen LogP contribution in [0.5, 0.6) is 0 Å². The fourth-order valence-corrected chi connectivity index (χ4v) is 3.89. The Kier molecular flexibility index (Phi) is 6.43. The van der Waals surface area contributed by atoms with Crippen molar-refractivity contribution in [3.05, 3.63) is 65.7 Å². The number of benzene rings is 2. The smallest absolute Gasteiger partial charge is 0.338 e. The van der Waals surface area contributed by atoms with Crippen molar-refractivity contribution in [1.29, 1.82) is 0 Å². The van der Waals surface area contributed by atoms with E-state index >= 15 is 0 Å². The van der Waals surface area contributed by atoms with Gasteiger partial charge < -0.3 is 10.1 Å². The van der Waals surface area contributed by atoms with Gasteiger partial charge in [-0.15, -0.1) is 0 Å². The number of nitrogens with one attached hydrogen (secondary N) is 2. The molecular formula is C20H22N2O5S. The number of rotatable bonds is 9. The molecule has 1 fully saturated rings. The van der Waals surface area contributed by atoms with E-state index in [1.54, 1.807) is 0 Å². The molecule has 2 N–H and O–H groups in total. The van der Waals surface area contributed by atoms with Crippen LogP contribution in [0.2, 0.25) is 0 Å². The Bertz CT molecular complexity index is 940. The Morgan fingerprint density at radius 3 is 2.50 bits per heavy atom. The second-order valence-electron chi connectivity index (χ2n) is 6.59. The first kappa shape index (κ1) is 20.0. The quantitative estimate of drug-likeness (QED) is 0.621. The fraction of sp³-hybridized carbons (Fsp3) is 0.300. The van der Waals surface area contributed by atoms with E-state index in [0.29, 0.717) is 13.0 Å². The van der Waals surface area contributed by atoms with Crippen molar-refractivity contribution in [2.45, 2.75) is 30.2 Å². The number of carbonyl (C=O) groups is 2. The maximum absolute atomic E-state index is 12.2. The molecule has 0 spiro atoms. The van der Waals surface area contributed by atoms with E-state index in [-0.39, 0.29) is 16.5 Å². The zero-order valence-corrected chi connectivity index (χ0v) is 16.1. The third-order valence-electron chi connectivity index (χ3n) is 4.19. The highest BCUT2D eigenvalue weighted by Gasteiger charge is 2.28. The molecule has 0 bridgehead atoms. The van der Waals surface area contributed by atoms with E-state index in [1.165, 1.54) is 24.3 Å². The van der Waals surface area contributed by atoms with Crippen LogP contribution in [0.25, 0.3) is 0 Å². The average Bonchev–Trinajstić information content (AvgIpc) is 3.50. The topological polar surface area (TPSA) is 102 Å². The van der Waals surface area contributed by atoms with Crippen molar-refractivity contribution in [3.63, 3.8) is 0 Å². The van der Waals surface area contributed by atoms with Crippen LogP contribution in [0.4, 0.5) is 0 Å². The van der Waals surface area contributed by atoms with Crippen LogP contribution in [-0.4, -0.2) is 39.5 Å². The van der Waals surface area contributed by atoms with E-state index in [9.17, 15) is 18.0 Å². The molecule has 1 aliphatic rings. The second-order valence-corrected chi connectivity index (χ2v) is 8.30. The number of hydrogen-bond acceptors (Lipinski definition) is 5. The predicted octanol–water partition coefficient (Wildman–Crippen LogP) is 1.64. The maximum atomic E-state index is 12.2. The number of carbonyl (C=O) groups excluding carboxylic acids is 2. The summed E-state index contributed by atoms with van der Waals surface area (Å²) in [6.07, 6.45) is 2.31. The van der Waals surface area contributed by atoms with Crippen LogP contribution in [0.3, 0.4) is 0 Å². The summed E-state index contributed by atoms with van der Waals surface area (Å²) in [5.41, 5.74) is 1.17. The molecule has 0 heterocycles. The summed E-state index contributed by atoms with van der Waals surface area (Å²) in [7, 11) is -3.66. The minimum absolute atomic E-state index is 0.00108. The van der Waals surface area contributed by atoms with Crippen LogP contribution >= 0.6 is 0 Å². The van der Waals surface area contributed by atoms with Gasteiger partial charge in [-0.05, 0) is 43.0 Å². The summed E-state index contributed by atoms with van der Waals surface area (Å²) in [5, 5.41) is 2.68. The van der Waals surface area contributed by atoms with Gasteiger partial charge in [0, 0.05) is 12.6 Å². The molecule has 2 aromatic carbocycles. The molecule has 0 aromatic heterocycles. The first-order valence-corrected chi connectivity index (χ1v) is 10.5. The molecule has 1 aliphatic carbocycles. The number of esters is 1. The molecule has 3 rings (SSSR count). The summed E-state index contributed by atoms with van der Waals surface area (Å²) in [4.78, 5) is 24.0. The molecule has 148 valence electrons. The van der Waals surface area contributed by atoms with E-state index in [4.69, 9.17) is 4.74 Å². The summed E-state index contributed by atoms with van der Waals surface area (Å²) in [6.45, 7) is 0.00584. The van der Waals surface area contributed by atoms with Gasteiger partial charge in [-0.1, -0.05) is 36.4 Å². The highest BCUT2D eigenvalue weighted by atomic mass is 32.2. The molecule has 7 nitrogen and oxygen atoms in total. The summed E-state index contributed by atoms with van der Waals surface area (Å²) < 4.78 is 32.0. The standard InChI is InChI=1S/C20H22N2O5S/c23-19(21-12-11-15-5-2-1-3-6-15)14-27-20(24)16-7-4-8-18(13-16)28(25,26)22-17-9-10-17/h1-8,13,17,22H,9-12,14H2,(H,21,23). The molecule has 0 saturated heterocycles. The van der Waals surface area contributed by atoms with Crippen molar-refractivity contribution in [1.82, 2.24) is 10.0 Å². The highest BCUT2D eigenvalue weighted by molar-refractivity contribution is 7.89. The maximum Gasteiger partial charge on any atom is 0.338 e. The van der Waals surface area contributed by atoms with Gasteiger partial charge in [0.1, 0.15) is 0 Å². The molecule has 2 aromatic rings. The van der Waals surface area contributed by atoms with Crippen molar-refractivity contribution in [3.8, 4) is 0 Å². The molecule has 0 atom stereocenters. The molecule has 1 saturated carbocycles. The Hall–Kier alpha value is -2.71. The van der Waals surface area contributed by atoms with Gasteiger partial charge in [0.25, 0.3) is 5.91 Å². The minimum atomic E-state index is -3.66. The summed E-state index contributed by atoms with van der Waals surface area (Å²) in [6, 6.07) is 15.3. The van der Waals surface area contributed by atoms with E-state index in [1.807, 2.05) is 30.3 Å². The lowest BCUT2D eigenvalue weighted by molar-refractivity contribution is -0.124. The van der Waals surface area contributed by atoms with Gasteiger partial charge in [-0.2, -0.15) is 0 Å². The van der Waals surface area contributed by atoms with Crippen molar-refractivity contribution in [2.24, 2.45) is 0 Å². The van der Waals surface area contributed by atoms with Crippen molar-refractivity contribution >= 4 is 21.9 Å². The third-order valence-corrected chi connectivity index (χ3v) is 5.71. The highest BCUT2D eigenvalue weighted by Crippen LogP contribution is 2.22. The monoisotopic (exact) mass is 402 g/mol. The minimum Gasteiger partial charge on any atom is -0.452 e. The number of sulfonamides is 1. The first-order valence-electron chi connectivity index (χ1n) is 9.04. The molecule has 28 heavy (non-hydrogen) atoms. The number of amides is 1. The lowest BCUT2D eigenvalue weighted by atomic mass is 10.1. The van der Waals surface area contributed by atoms with Gasteiger partial charge >= 0.3 is 5.97 Å². The predicted molar refractivity (Wildman–Crippen MR) is 103 cm³/mol. The molecule has 0 unspecified atom stereocenters. The van der Waals surface area contributed by atoms with Crippen LogP contribution in [0, 0.1) is 0 Å². The van der Waals surface area contributed by atoms with Gasteiger partial charge in [0.15, 0.2) is 6.61 Å². The van der Waals surface area contributed by atoms with Gasteiger partial charge in [0.05, 0.1) is 10.5 Å².